The van der Waals surface area contributed by atoms with E-state index in [-0.39, 0.29) is 11.3 Å². The molecule has 19 heavy (non-hydrogen) atoms. The van der Waals surface area contributed by atoms with Gasteiger partial charge < -0.3 is 4.74 Å². The molecule has 0 atom stereocenters. The van der Waals surface area contributed by atoms with Gasteiger partial charge in [-0.1, -0.05) is 6.07 Å². The average Bonchev–Trinajstić information content (AvgIpc) is 2.37. The number of carbonyl (C=O) groups excluding carboxylic acids is 1. The van der Waals surface area contributed by atoms with Crippen molar-refractivity contribution in [3.8, 4) is 11.5 Å². The van der Waals surface area contributed by atoms with Crippen molar-refractivity contribution in [2.24, 2.45) is 0 Å². The molecule has 0 saturated heterocycles. The molecule has 0 heterocycles. The SMILES string of the molecule is Cc1ccc(Oc2c(F)cc(C=O)cc2F)cc1F. The summed E-state index contributed by atoms with van der Waals surface area (Å²) in [6.07, 6.45) is 0.321. The van der Waals surface area contributed by atoms with Crippen molar-refractivity contribution in [2.75, 3.05) is 0 Å². The lowest BCUT2D eigenvalue weighted by Crippen LogP contribution is -1.96. The van der Waals surface area contributed by atoms with Crippen LogP contribution in [0.1, 0.15) is 15.9 Å². The fraction of sp³-hybridized carbons (Fsp3) is 0.0714. The lowest BCUT2D eigenvalue weighted by molar-refractivity contribution is 0.112. The van der Waals surface area contributed by atoms with Crippen molar-refractivity contribution in [2.45, 2.75) is 6.92 Å². The highest BCUT2D eigenvalue weighted by Gasteiger charge is 2.14. The quantitative estimate of drug-likeness (QED) is 0.784. The third-order valence-electron chi connectivity index (χ3n) is 2.52. The molecule has 2 aromatic rings. The Hall–Kier alpha value is -2.30. The highest BCUT2D eigenvalue weighted by molar-refractivity contribution is 5.75. The Balaban J connectivity index is 2.38. The van der Waals surface area contributed by atoms with Crippen LogP contribution in [0.15, 0.2) is 30.3 Å². The summed E-state index contributed by atoms with van der Waals surface area (Å²) in [5.74, 6) is -3.29. The number of ether oxygens (including phenoxy) is 1. The van der Waals surface area contributed by atoms with Crippen molar-refractivity contribution in [3.05, 3.63) is 58.9 Å². The van der Waals surface area contributed by atoms with Crippen LogP contribution in [0.4, 0.5) is 13.2 Å². The maximum absolute atomic E-state index is 13.5. The summed E-state index contributed by atoms with van der Waals surface area (Å²) in [6.45, 7) is 1.55. The van der Waals surface area contributed by atoms with Gasteiger partial charge in [0, 0.05) is 11.6 Å². The first kappa shape index (κ1) is 13.1. The standard InChI is InChI=1S/C14H9F3O2/c1-8-2-3-10(6-11(8)15)19-14-12(16)4-9(7-18)5-13(14)17/h2-7H,1H3. The summed E-state index contributed by atoms with van der Waals surface area (Å²) in [6, 6.07) is 5.54. The van der Waals surface area contributed by atoms with Gasteiger partial charge in [-0.2, -0.15) is 0 Å². The minimum absolute atomic E-state index is 0.0280. The smallest absolute Gasteiger partial charge is 0.198 e. The molecule has 0 aliphatic rings. The number of carbonyl (C=O) groups is 1. The van der Waals surface area contributed by atoms with Crippen molar-refractivity contribution in [1.29, 1.82) is 0 Å². The molecule has 0 fully saturated rings. The number of hydrogen-bond donors (Lipinski definition) is 0. The predicted molar refractivity (Wildman–Crippen MR) is 63.0 cm³/mol. The Morgan fingerprint density at radius 2 is 1.63 bits per heavy atom. The van der Waals surface area contributed by atoms with Crippen LogP contribution in [-0.2, 0) is 0 Å². The first-order valence-electron chi connectivity index (χ1n) is 5.39. The van der Waals surface area contributed by atoms with Crippen molar-refractivity contribution >= 4 is 6.29 Å². The number of halogens is 3. The van der Waals surface area contributed by atoms with E-state index < -0.39 is 23.2 Å². The Morgan fingerprint density at radius 1 is 1.00 bits per heavy atom. The van der Waals surface area contributed by atoms with Gasteiger partial charge >= 0.3 is 0 Å². The molecule has 0 spiro atoms. The molecule has 0 N–H and O–H groups in total. The highest BCUT2D eigenvalue weighted by Crippen LogP contribution is 2.29. The van der Waals surface area contributed by atoms with Crippen LogP contribution in [0, 0.1) is 24.4 Å². The van der Waals surface area contributed by atoms with Crippen LogP contribution in [0.25, 0.3) is 0 Å². The molecule has 0 aliphatic heterocycles. The Bertz CT molecular complexity index is 616. The maximum Gasteiger partial charge on any atom is 0.198 e. The van der Waals surface area contributed by atoms with E-state index in [0.717, 1.165) is 18.2 Å². The molecule has 5 heteroatoms. The lowest BCUT2D eigenvalue weighted by Gasteiger charge is -2.09. The number of aryl methyl sites for hydroxylation is 1. The topological polar surface area (TPSA) is 26.3 Å². The predicted octanol–water partition coefficient (Wildman–Crippen LogP) is 4.02. The monoisotopic (exact) mass is 266 g/mol. The van der Waals surface area contributed by atoms with Gasteiger partial charge in [-0.3, -0.25) is 4.79 Å². The first-order chi connectivity index (χ1) is 9.01. The van der Waals surface area contributed by atoms with Gasteiger partial charge in [0.15, 0.2) is 17.4 Å². The maximum atomic E-state index is 13.5. The molecular formula is C14H9F3O2. The molecule has 0 radical (unpaired) electrons. The van der Waals surface area contributed by atoms with Crippen LogP contribution in [0.3, 0.4) is 0 Å². The molecule has 0 aromatic heterocycles. The highest BCUT2D eigenvalue weighted by atomic mass is 19.1. The van der Waals surface area contributed by atoms with E-state index in [1.54, 1.807) is 6.92 Å². The van der Waals surface area contributed by atoms with E-state index in [4.69, 9.17) is 4.74 Å². The van der Waals surface area contributed by atoms with Gasteiger partial charge in [0.1, 0.15) is 17.9 Å². The Kier molecular flexibility index (Phi) is 3.55. The second-order valence-corrected chi connectivity index (χ2v) is 3.94. The minimum Gasteiger partial charge on any atom is -0.451 e. The molecule has 2 rings (SSSR count). The second kappa shape index (κ2) is 5.14. The third kappa shape index (κ3) is 2.76. The summed E-state index contributed by atoms with van der Waals surface area (Å²) in [4.78, 5) is 10.4. The zero-order valence-electron chi connectivity index (χ0n) is 9.91. The summed E-state index contributed by atoms with van der Waals surface area (Å²) >= 11 is 0. The molecule has 0 amide bonds. The summed E-state index contributed by atoms with van der Waals surface area (Å²) in [5, 5.41) is 0. The van der Waals surface area contributed by atoms with Crippen LogP contribution >= 0.6 is 0 Å². The molecule has 0 bridgehead atoms. The third-order valence-corrected chi connectivity index (χ3v) is 2.52. The van der Waals surface area contributed by atoms with E-state index in [0.29, 0.717) is 11.8 Å². The van der Waals surface area contributed by atoms with Crippen molar-refractivity contribution in [1.82, 2.24) is 0 Å². The minimum atomic E-state index is -1.02. The molecule has 0 unspecified atom stereocenters. The van der Waals surface area contributed by atoms with E-state index >= 15 is 0 Å². The van der Waals surface area contributed by atoms with Gasteiger partial charge in [-0.05, 0) is 30.7 Å². The van der Waals surface area contributed by atoms with Gasteiger partial charge in [0.25, 0.3) is 0 Å². The van der Waals surface area contributed by atoms with Gasteiger partial charge in [-0.25, -0.2) is 13.2 Å². The van der Waals surface area contributed by atoms with Crippen LogP contribution in [-0.4, -0.2) is 6.29 Å². The van der Waals surface area contributed by atoms with E-state index in [1.165, 1.54) is 12.1 Å². The summed E-state index contributed by atoms with van der Waals surface area (Å²) < 4.78 is 45.3. The van der Waals surface area contributed by atoms with E-state index in [1.807, 2.05) is 0 Å². The molecule has 2 aromatic carbocycles. The number of hydrogen-bond acceptors (Lipinski definition) is 2. The number of aldehydes is 1. The Labute approximate surface area is 107 Å². The fourth-order valence-corrected chi connectivity index (χ4v) is 1.50. The molecule has 0 aliphatic carbocycles. The largest absolute Gasteiger partial charge is 0.451 e. The van der Waals surface area contributed by atoms with Crippen LogP contribution in [0.5, 0.6) is 11.5 Å². The molecule has 2 nitrogen and oxygen atoms in total. The van der Waals surface area contributed by atoms with Gasteiger partial charge in [0.05, 0.1) is 0 Å². The van der Waals surface area contributed by atoms with Gasteiger partial charge in [0.2, 0.25) is 0 Å². The first-order valence-corrected chi connectivity index (χ1v) is 5.39. The molecule has 0 saturated carbocycles. The summed E-state index contributed by atoms with van der Waals surface area (Å²) in [7, 11) is 0. The lowest BCUT2D eigenvalue weighted by atomic mass is 10.2. The zero-order valence-corrected chi connectivity index (χ0v) is 9.91. The number of benzene rings is 2. The summed E-state index contributed by atoms with van der Waals surface area (Å²) in [5.41, 5.74) is 0.252. The average molecular weight is 266 g/mol. The second-order valence-electron chi connectivity index (χ2n) is 3.94. The van der Waals surface area contributed by atoms with Crippen LogP contribution in [0.2, 0.25) is 0 Å². The van der Waals surface area contributed by atoms with Crippen LogP contribution < -0.4 is 4.74 Å². The zero-order chi connectivity index (χ0) is 14.0. The van der Waals surface area contributed by atoms with E-state index in [9.17, 15) is 18.0 Å². The Morgan fingerprint density at radius 3 is 2.16 bits per heavy atom. The van der Waals surface area contributed by atoms with Crippen molar-refractivity contribution < 1.29 is 22.7 Å². The number of rotatable bonds is 3. The fourth-order valence-electron chi connectivity index (χ4n) is 1.50. The molecule has 98 valence electrons. The van der Waals surface area contributed by atoms with Crippen molar-refractivity contribution in [3.63, 3.8) is 0 Å². The van der Waals surface area contributed by atoms with Gasteiger partial charge in [-0.15, -0.1) is 0 Å². The normalized spacial score (nSPS) is 10.3. The van der Waals surface area contributed by atoms with E-state index in [2.05, 4.69) is 0 Å². The molecular weight excluding hydrogens is 257 g/mol.